The van der Waals surface area contributed by atoms with Crippen LogP contribution in [0.3, 0.4) is 0 Å². The number of nitro benzene ring substituents is 1. The molecule has 0 bridgehead atoms. The minimum atomic E-state index is -1.20. The Balaban J connectivity index is 2.52. The van der Waals surface area contributed by atoms with Crippen LogP contribution in [0.25, 0.3) is 0 Å². The van der Waals surface area contributed by atoms with Crippen LogP contribution in [0.1, 0.15) is 22.3 Å². The Morgan fingerprint density at radius 2 is 2.21 bits per heavy atom. The van der Waals surface area contributed by atoms with Crippen LogP contribution in [-0.4, -0.2) is 40.3 Å². The monoisotopic (exact) mass is 266 g/mol. The van der Waals surface area contributed by atoms with Crippen molar-refractivity contribution in [3.63, 3.8) is 0 Å². The van der Waals surface area contributed by atoms with Crippen molar-refractivity contribution in [2.45, 2.75) is 19.4 Å². The number of hydrogen-bond acceptors (Lipinski definition) is 5. The second-order valence-corrected chi connectivity index (χ2v) is 4.59. The highest BCUT2D eigenvalue weighted by atomic mass is 16.6. The standard InChI is InChI=1S/C12H14N2O5/c1-7-10(13-3-2-9(15)6-13)4-8(12(16)17)5-11(7)14(18)19/h4-5,9,15H,2-3,6H2,1H3,(H,16,17). The van der Waals surface area contributed by atoms with Crippen molar-refractivity contribution < 1.29 is 19.9 Å². The van der Waals surface area contributed by atoms with Gasteiger partial charge in [-0.05, 0) is 19.4 Å². The summed E-state index contributed by atoms with van der Waals surface area (Å²) in [7, 11) is 0. The number of carbonyl (C=O) groups is 1. The molecule has 0 saturated carbocycles. The van der Waals surface area contributed by atoms with Crippen LogP contribution < -0.4 is 4.90 Å². The summed E-state index contributed by atoms with van der Waals surface area (Å²) in [5, 5.41) is 29.5. The Bertz CT molecular complexity index is 543. The normalized spacial score (nSPS) is 18.6. The maximum atomic E-state index is 11.0. The first kappa shape index (κ1) is 13.3. The van der Waals surface area contributed by atoms with Gasteiger partial charge < -0.3 is 15.1 Å². The third-order valence-corrected chi connectivity index (χ3v) is 3.30. The number of carboxylic acids is 1. The van der Waals surface area contributed by atoms with Crippen LogP contribution in [0, 0.1) is 17.0 Å². The second kappa shape index (κ2) is 4.85. The van der Waals surface area contributed by atoms with E-state index >= 15 is 0 Å². The largest absolute Gasteiger partial charge is 0.478 e. The number of hydrogen-bond donors (Lipinski definition) is 2. The van der Waals surface area contributed by atoms with E-state index in [0.717, 1.165) is 6.07 Å². The summed E-state index contributed by atoms with van der Waals surface area (Å²) >= 11 is 0. The summed E-state index contributed by atoms with van der Waals surface area (Å²) < 4.78 is 0. The topological polar surface area (TPSA) is 104 Å². The second-order valence-electron chi connectivity index (χ2n) is 4.59. The highest BCUT2D eigenvalue weighted by Crippen LogP contribution is 2.32. The molecular weight excluding hydrogens is 252 g/mol. The third kappa shape index (κ3) is 2.50. The fourth-order valence-electron chi connectivity index (χ4n) is 2.29. The van der Waals surface area contributed by atoms with Gasteiger partial charge in [0.05, 0.1) is 22.2 Å². The first-order chi connectivity index (χ1) is 8.90. The zero-order valence-corrected chi connectivity index (χ0v) is 10.4. The van der Waals surface area contributed by atoms with Gasteiger partial charge in [0.25, 0.3) is 5.69 Å². The van der Waals surface area contributed by atoms with E-state index in [1.54, 1.807) is 11.8 Å². The van der Waals surface area contributed by atoms with Gasteiger partial charge in [-0.15, -0.1) is 0 Å². The van der Waals surface area contributed by atoms with Gasteiger partial charge in [0.15, 0.2) is 0 Å². The van der Waals surface area contributed by atoms with Gasteiger partial charge in [0.1, 0.15) is 0 Å². The Hall–Kier alpha value is -2.15. The summed E-state index contributed by atoms with van der Waals surface area (Å²) in [5.41, 5.74) is 0.595. The summed E-state index contributed by atoms with van der Waals surface area (Å²) in [6.07, 6.45) is 0.0943. The van der Waals surface area contributed by atoms with Gasteiger partial charge in [0, 0.05) is 24.8 Å². The molecule has 1 atom stereocenters. The molecule has 1 heterocycles. The number of anilines is 1. The minimum Gasteiger partial charge on any atom is -0.478 e. The predicted octanol–water partition coefficient (Wildman–Crippen LogP) is 1.17. The van der Waals surface area contributed by atoms with Gasteiger partial charge >= 0.3 is 5.97 Å². The van der Waals surface area contributed by atoms with Crippen molar-refractivity contribution in [2.75, 3.05) is 18.0 Å². The Labute approximate surface area is 109 Å². The molecule has 2 rings (SSSR count). The SMILES string of the molecule is Cc1c(N2CCC(O)C2)cc(C(=O)O)cc1[N+](=O)[O-]. The molecular formula is C12H14N2O5. The molecule has 1 aliphatic rings. The van der Waals surface area contributed by atoms with E-state index in [2.05, 4.69) is 0 Å². The lowest BCUT2D eigenvalue weighted by molar-refractivity contribution is -0.385. The smallest absolute Gasteiger partial charge is 0.336 e. The van der Waals surface area contributed by atoms with E-state index < -0.39 is 17.0 Å². The molecule has 7 nitrogen and oxygen atoms in total. The maximum Gasteiger partial charge on any atom is 0.336 e. The minimum absolute atomic E-state index is 0.117. The van der Waals surface area contributed by atoms with Crippen molar-refractivity contribution in [3.8, 4) is 0 Å². The van der Waals surface area contributed by atoms with Crippen LogP contribution in [0.15, 0.2) is 12.1 Å². The molecule has 1 aromatic rings. The number of benzene rings is 1. The molecule has 1 unspecified atom stereocenters. The van der Waals surface area contributed by atoms with Gasteiger partial charge in [-0.25, -0.2) is 4.79 Å². The quantitative estimate of drug-likeness (QED) is 0.628. The number of aliphatic hydroxyl groups is 1. The Morgan fingerprint density at radius 1 is 1.53 bits per heavy atom. The number of nitro groups is 1. The van der Waals surface area contributed by atoms with Crippen LogP contribution in [0.2, 0.25) is 0 Å². The fraction of sp³-hybridized carbons (Fsp3) is 0.417. The van der Waals surface area contributed by atoms with E-state index in [4.69, 9.17) is 5.11 Å². The van der Waals surface area contributed by atoms with Crippen LogP contribution in [0.4, 0.5) is 11.4 Å². The van der Waals surface area contributed by atoms with E-state index in [0.29, 0.717) is 30.8 Å². The molecule has 7 heteroatoms. The van der Waals surface area contributed by atoms with Gasteiger partial charge in [-0.1, -0.05) is 0 Å². The molecule has 2 N–H and O–H groups in total. The van der Waals surface area contributed by atoms with Crippen LogP contribution in [-0.2, 0) is 0 Å². The van der Waals surface area contributed by atoms with Crippen molar-refractivity contribution >= 4 is 17.3 Å². The molecule has 0 amide bonds. The first-order valence-corrected chi connectivity index (χ1v) is 5.85. The third-order valence-electron chi connectivity index (χ3n) is 3.30. The van der Waals surface area contributed by atoms with Crippen molar-refractivity contribution in [3.05, 3.63) is 33.4 Å². The summed E-state index contributed by atoms with van der Waals surface area (Å²) in [4.78, 5) is 23.2. The van der Waals surface area contributed by atoms with Gasteiger partial charge in [-0.3, -0.25) is 10.1 Å². The zero-order chi connectivity index (χ0) is 14.2. The molecule has 0 aromatic heterocycles. The average Bonchev–Trinajstić information content (AvgIpc) is 2.75. The number of aromatic carboxylic acids is 1. The number of aliphatic hydroxyl groups excluding tert-OH is 1. The molecule has 0 spiro atoms. The van der Waals surface area contributed by atoms with Crippen LogP contribution in [0.5, 0.6) is 0 Å². The lowest BCUT2D eigenvalue weighted by atomic mass is 10.1. The summed E-state index contributed by atoms with van der Waals surface area (Å²) in [6.45, 7) is 2.51. The lowest BCUT2D eigenvalue weighted by Crippen LogP contribution is -2.22. The summed E-state index contributed by atoms with van der Waals surface area (Å²) in [5.74, 6) is -1.20. The molecule has 1 aliphatic heterocycles. The summed E-state index contributed by atoms with van der Waals surface area (Å²) in [6, 6.07) is 2.48. The zero-order valence-electron chi connectivity index (χ0n) is 10.4. The highest BCUT2D eigenvalue weighted by molar-refractivity contribution is 5.90. The maximum absolute atomic E-state index is 11.0. The van der Waals surface area contributed by atoms with E-state index in [1.165, 1.54) is 6.07 Å². The van der Waals surface area contributed by atoms with Crippen molar-refractivity contribution in [2.24, 2.45) is 0 Å². The molecule has 1 fully saturated rings. The number of β-amino-alcohol motifs (C(OH)–C–C–N with tert-alkyl or cyclic N) is 1. The Kier molecular flexibility index (Phi) is 3.39. The number of rotatable bonds is 3. The molecule has 0 radical (unpaired) electrons. The molecule has 19 heavy (non-hydrogen) atoms. The van der Waals surface area contributed by atoms with E-state index in [-0.39, 0.29) is 11.3 Å². The Morgan fingerprint density at radius 3 is 2.68 bits per heavy atom. The first-order valence-electron chi connectivity index (χ1n) is 5.85. The van der Waals surface area contributed by atoms with Crippen molar-refractivity contribution in [1.29, 1.82) is 0 Å². The molecule has 102 valence electrons. The average molecular weight is 266 g/mol. The molecule has 1 aromatic carbocycles. The van der Waals surface area contributed by atoms with Gasteiger partial charge in [0.2, 0.25) is 0 Å². The van der Waals surface area contributed by atoms with Gasteiger partial charge in [-0.2, -0.15) is 0 Å². The number of nitrogens with zero attached hydrogens (tertiary/aromatic N) is 2. The van der Waals surface area contributed by atoms with E-state index in [9.17, 15) is 20.0 Å². The fourth-order valence-corrected chi connectivity index (χ4v) is 2.29. The van der Waals surface area contributed by atoms with E-state index in [1.807, 2.05) is 0 Å². The van der Waals surface area contributed by atoms with Crippen LogP contribution >= 0.6 is 0 Å². The lowest BCUT2D eigenvalue weighted by Gasteiger charge is -2.20. The number of carboxylic acid groups (broad SMARTS) is 1. The van der Waals surface area contributed by atoms with Crippen molar-refractivity contribution in [1.82, 2.24) is 0 Å². The molecule has 0 aliphatic carbocycles. The highest BCUT2D eigenvalue weighted by Gasteiger charge is 2.26. The predicted molar refractivity (Wildman–Crippen MR) is 67.6 cm³/mol. The molecule has 1 saturated heterocycles.